The minimum Gasteiger partial charge on any atom is -0.370 e. The van der Waals surface area contributed by atoms with Crippen molar-refractivity contribution >= 4 is 40.8 Å². The Balaban J connectivity index is 0.00000161. The third-order valence-electron chi connectivity index (χ3n) is 3.84. The van der Waals surface area contributed by atoms with Crippen molar-refractivity contribution in [1.29, 1.82) is 0 Å². The van der Waals surface area contributed by atoms with Crippen LogP contribution < -0.4 is 5.73 Å². The molecule has 3 N–H and O–H groups in total. The zero-order valence-corrected chi connectivity index (χ0v) is 14.3. The van der Waals surface area contributed by atoms with Crippen LogP contribution in [-0.4, -0.2) is 35.5 Å². The largest absolute Gasteiger partial charge is 0.370 e. The van der Waals surface area contributed by atoms with Gasteiger partial charge in [-0.1, -0.05) is 0 Å². The van der Waals surface area contributed by atoms with Crippen LogP contribution in [0.15, 0.2) is 29.4 Å². The number of guanidine groups is 1. The summed E-state index contributed by atoms with van der Waals surface area (Å²) in [4.78, 5) is 9.59. The molecule has 2 aromatic rings. The average Bonchev–Trinajstić information content (AvgIpc) is 3.21. The molecule has 0 unspecified atom stereocenters. The molecule has 0 aliphatic heterocycles. The summed E-state index contributed by atoms with van der Waals surface area (Å²) in [7, 11) is 1.98. The number of hydrogen-bond donors (Lipinski definition) is 2. The van der Waals surface area contributed by atoms with E-state index >= 15 is 0 Å². The molecule has 4 nitrogen and oxygen atoms in total. The third-order valence-corrected chi connectivity index (χ3v) is 3.84. The highest BCUT2D eigenvalue weighted by atomic mass is 127. The Kier molecular flexibility index (Phi) is 5.08. The highest BCUT2D eigenvalue weighted by Crippen LogP contribution is 2.25. The lowest BCUT2D eigenvalue weighted by molar-refractivity contribution is 0.487. The lowest BCUT2D eigenvalue weighted by atomic mass is 10.1. The minimum absolute atomic E-state index is 0. The summed E-state index contributed by atoms with van der Waals surface area (Å²) >= 11 is 0. The predicted molar refractivity (Wildman–Crippen MR) is 94.7 cm³/mol. The number of fused-ring (bicyclic) bond motifs is 1. The van der Waals surface area contributed by atoms with Crippen molar-refractivity contribution in [3.05, 3.63) is 35.8 Å². The van der Waals surface area contributed by atoms with Gasteiger partial charge in [-0.25, -0.2) is 4.39 Å². The first-order valence-electron chi connectivity index (χ1n) is 6.93. The fraction of sp³-hybridized carbons (Fsp3) is 0.400. The third kappa shape index (κ3) is 3.66. The number of nitrogens with two attached hydrogens (primary N) is 1. The zero-order chi connectivity index (χ0) is 14.1. The summed E-state index contributed by atoms with van der Waals surface area (Å²) < 4.78 is 13.3. The van der Waals surface area contributed by atoms with Crippen molar-refractivity contribution in [3.63, 3.8) is 0 Å². The second-order valence-corrected chi connectivity index (χ2v) is 5.34. The standard InChI is InChI=1S/C15H19FN4.HI/c1-20(12-3-4-12)15(17)18-7-6-10-9-19-14-5-2-11(16)8-13(10)14;/h2,5,8-9,12,19H,3-4,6-7H2,1H3,(H2,17,18);1H. The Hall–Kier alpha value is -1.31. The summed E-state index contributed by atoms with van der Waals surface area (Å²) in [6, 6.07) is 5.35. The second-order valence-electron chi connectivity index (χ2n) is 5.34. The molecule has 0 bridgehead atoms. The smallest absolute Gasteiger partial charge is 0.191 e. The van der Waals surface area contributed by atoms with Gasteiger partial charge in [-0.3, -0.25) is 4.99 Å². The van der Waals surface area contributed by atoms with Gasteiger partial charge in [0.15, 0.2) is 5.96 Å². The lowest BCUT2D eigenvalue weighted by Gasteiger charge is -2.16. The molecule has 1 aromatic heterocycles. The Bertz CT molecular complexity index is 648. The van der Waals surface area contributed by atoms with Crippen molar-refractivity contribution in [3.8, 4) is 0 Å². The first-order chi connectivity index (χ1) is 9.65. The van der Waals surface area contributed by atoms with E-state index in [4.69, 9.17) is 5.73 Å². The Morgan fingerprint density at radius 1 is 1.48 bits per heavy atom. The molecule has 6 heteroatoms. The van der Waals surface area contributed by atoms with Crippen molar-refractivity contribution in [1.82, 2.24) is 9.88 Å². The molecule has 0 atom stereocenters. The number of aromatic amines is 1. The molecular formula is C15H20FIN4. The molecule has 1 aliphatic carbocycles. The maximum atomic E-state index is 13.3. The number of benzene rings is 1. The van der Waals surface area contributed by atoms with E-state index in [2.05, 4.69) is 9.98 Å². The first kappa shape index (κ1) is 16.1. The maximum Gasteiger partial charge on any atom is 0.191 e. The van der Waals surface area contributed by atoms with Crippen molar-refractivity contribution < 1.29 is 4.39 Å². The predicted octanol–water partition coefficient (Wildman–Crippen LogP) is 2.88. The van der Waals surface area contributed by atoms with Gasteiger partial charge >= 0.3 is 0 Å². The van der Waals surface area contributed by atoms with E-state index < -0.39 is 0 Å². The van der Waals surface area contributed by atoms with Gasteiger partial charge in [0.1, 0.15) is 5.82 Å². The van der Waals surface area contributed by atoms with Gasteiger partial charge in [0.25, 0.3) is 0 Å². The highest BCUT2D eigenvalue weighted by molar-refractivity contribution is 14.0. The van der Waals surface area contributed by atoms with E-state index in [1.165, 1.54) is 18.9 Å². The van der Waals surface area contributed by atoms with Crippen molar-refractivity contribution in [2.45, 2.75) is 25.3 Å². The lowest BCUT2D eigenvalue weighted by Crippen LogP contribution is -2.35. The van der Waals surface area contributed by atoms with Crippen LogP contribution in [0, 0.1) is 5.82 Å². The fourth-order valence-corrected chi connectivity index (χ4v) is 2.41. The van der Waals surface area contributed by atoms with Gasteiger partial charge in [-0.15, -0.1) is 24.0 Å². The highest BCUT2D eigenvalue weighted by Gasteiger charge is 2.27. The monoisotopic (exact) mass is 402 g/mol. The van der Waals surface area contributed by atoms with Crippen LogP contribution in [-0.2, 0) is 6.42 Å². The fourth-order valence-electron chi connectivity index (χ4n) is 2.41. The van der Waals surface area contributed by atoms with Crippen molar-refractivity contribution in [2.75, 3.05) is 13.6 Å². The van der Waals surface area contributed by atoms with E-state index in [1.54, 1.807) is 12.1 Å². The summed E-state index contributed by atoms with van der Waals surface area (Å²) in [5, 5.41) is 0.925. The average molecular weight is 402 g/mol. The second kappa shape index (κ2) is 6.64. The van der Waals surface area contributed by atoms with E-state index in [0.29, 0.717) is 18.5 Å². The van der Waals surface area contributed by atoms with Crippen LogP contribution in [0.25, 0.3) is 10.9 Å². The van der Waals surface area contributed by atoms with Gasteiger partial charge < -0.3 is 15.6 Å². The molecular weight excluding hydrogens is 382 g/mol. The molecule has 3 rings (SSSR count). The number of rotatable bonds is 4. The minimum atomic E-state index is -0.213. The molecule has 21 heavy (non-hydrogen) atoms. The summed E-state index contributed by atoms with van der Waals surface area (Å²) in [6.07, 6.45) is 5.08. The quantitative estimate of drug-likeness (QED) is 0.470. The van der Waals surface area contributed by atoms with E-state index in [9.17, 15) is 4.39 Å². The molecule has 0 radical (unpaired) electrons. The van der Waals surface area contributed by atoms with Gasteiger partial charge in [-0.05, 0) is 43.0 Å². The number of H-pyrrole nitrogens is 1. The molecule has 0 spiro atoms. The van der Waals surface area contributed by atoms with Gasteiger partial charge in [0.05, 0.1) is 0 Å². The SMILES string of the molecule is CN(C(N)=NCCc1c[nH]c2ccc(F)cc12)C1CC1.I. The topological polar surface area (TPSA) is 57.4 Å². The number of nitrogens with zero attached hydrogens (tertiary/aromatic N) is 2. The van der Waals surface area contributed by atoms with Crippen LogP contribution in [0.1, 0.15) is 18.4 Å². The van der Waals surface area contributed by atoms with E-state index in [1.807, 2.05) is 18.1 Å². The molecule has 1 heterocycles. The maximum absolute atomic E-state index is 13.3. The van der Waals surface area contributed by atoms with E-state index in [0.717, 1.165) is 22.9 Å². The van der Waals surface area contributed by atoms with Gasteiger partial charge in [0, 0.05) is 36.7 Å². The van der Waals surface area contributed by atoms with Gasteiger partial charge in [0.2, 0.25) is 0 Å². The first-order valence-corrected chi connectivity index (χ1v) is 6.93. The molecule has 0 amide bonds. The number of halogens is 2. The summed E-state index contributed by atoms with van der Waals surface area (Å²) in [5.41, 5.74) is 7.97. The molecule has 1 aliphatic rings. The normalized spacial score (nSPS) is 15.0. The Morgan fingerprint density at radius 2 is 2.24 bits per heavy atom. The summed E-state index contributed by atoms with van der Waals surface area (Å²) in [6.45, 7) is 0.617. The van der Waals surface area contributed by atoms with Gasteiger partial charge in [-0.2, -0.15) is 0 Å². The number of nitrogens with one attached hydrogen (secondary N) is 1. The molecule has 1 aromatic carbocycles. The van der Waals surface area contributed by atoms with Crippen molar-refractivity contribution in [2.24, 2.45) is 10.7 Å². The van der Waals surface area contributed by atoms with Crippen LogP contribution in [0.2, 0.25) is 0 Å². The molecule has 1 saturated carbocycles. The van der Waals surface area contributed by atoms with Crippen LogP contribution in [0.5, 0.6) is 0 Å². The van der Waals surface area contributed by atoms with Crippen LogP contribution in [0.4, 0.5) is 4.39 Å². The van der Waals surface area contributed by atoms with Crippen LogP contribution in [0.3, 0.4) is 0 Å². The zero-order valence-electron chi connectivity index (χ0n) is 12.0. The Morgan fingerprint density at radius 3 is 2.95 bits per heavy atom. The van der Waals surface area contributed by atoms with E-state index in [-0.39, 0.29) is 29.8 Å². The molecule has 0 saturated heterocycles. The number of aromatic nitrogens is 1. The molecule has 1 fully saturated rings. The Labute approximate surface area is 140 Å². The summed E-state index contributed by atoms with van der Waals surface area (Å²) in [5.74, 6) is 0.383. The number of hydrogen-bond acceptors (Lipinski definition) is 1. The molecule has 114 valence electrons. The van der Waals surface area contributed by atoms with Crippen LogP contribution >= 0.6 is 24.0 Å². The number of aliphatic imine (C=N–C) groups is 1.